The van der Waals surface area contributed by atoms with Gasteiger partial charge in [0.25, 0.3) is 0 Å². The van der Waals surface area contributed by atoms with Crippen molar-refractivity contribution in [1.82, 2.24) is 4.90 Å². The van der Waals surface area contributed by atoms with E-state index in [2.05, 4.69) is 61.5 Å². The van der Waals surface area contributed by atoms with Gasteiger partial charge in [-0.05, 0) is 41.9 Å². The van der Waals surface area contributed by atoms with Gasteiger partial charge in [0.2, 0.25) is 5.91 Å². The van der Waals surface area contributed by atoms with E-state index in [1.807, 2.05) is 17.0 Å². The van der Waals surface area contributed by atoms with Crippen molar-refractivity contribution in [2.75, 3.05) is 13.1 Å². The van der Waals surface area contributed by atoms with Crippen LogP contribution in [0.25, 0.3) is 5.57 Å². The molecule has 0 fully saturated rings. The summed E-state index contributed by atoms with van der Waals surface area (Å²) >= 11 is 0. The van der Waals surface area contributed by atoms with Crippen molar-refractivity contribution in [2.24, 2.45) is 5.92 Å². The van der Waals surface area contributed by atoms with Crippen LogP contribution in [0.15, 0.2) is 66.7 Å². The number of carbonyl (C=O) groups excluding carboxylic acids is 1. The topological polar surface area (TPSA) is 20.3 Å². The van der Waals surface area contributed by atoms with Crippen molar-refractivity contribution in [3.63, 3.8) is 0 Å². The van der Waals surface area contributed by atoms with Crippen molar-refractivity contribution in [1.29, 1.82) is 0 Å². The van der Waals surface area contributed by atoms with Crippen molar-refractivity contribution in [2.45, 2.75) is 32.6 Å². The Morgan fingerprint density at radius 2 is 1.72 bits per heavy atom. The highest BCUT2D eigenvalue weighted by Gasteiger charge is 2.19. The summed E-state index contributed by atoms with van der Waals surface area (Å²) < 4.78 is 0. The van der Waals surface area contributed by atoms with E-state index >= 15 is 0 Å². The molecule has 1 amide bonds. The number of nitrogens with zero attached hydrogens (tertiary/aromatic N) is 1. The average Bonchev–Trinajstić information content (AvgIpc) is 2.68. The molecule has 0 aromatic heterocycles. The minimum Gasteiger partial charge on any atom is -0.339 e. The fourth-order valence-corrected chi connectivity index (χ4v) is 3.40. The van der Waals surface area contributed by atoms with Gasteiger partial charge in [-0.1, -0.05) is 73.7 Å². The van der Waals surface area contributed by atoms with Crippen LogP contribution in [-0.2, 0) is 11.2 Å². The Balaban J connectivity index is 1.47. The number of amides is 1. The summed E-state index contributed by atoms with van der Waals surface area (Å²) in [6.07, 6.45) is 5.93. The van der Waals surface area contributed by atoms with Crippen LogP contribution in [0, 0.1) is 5.92 Å². The molecule has 2 aromatic rings. The Labute approximate surface area is 151 Å². The maximum Gasteiger partial charge on any atom is 0.223 e. The maximum atomic E-state index is 12.6. The Bertz CT molecular complexity index is 705. The first-order chi connectivity index (χ1) is 12.2. The van der Waals surface area contributed by atoms with Crippen molar-refractivity contribution >= 4 is 11.5 Å². The molecule has 3 rings (SSSR count). The van der Waals surface area contributed by atoms with Crippen molar-refractivity contribution in [3.8, 4) is 0 Å². The predicted molar refractivity (Wildman–Crippen MR) is 104 cm³/mol. The van der Waals surface area contributed by atoms with E-state index < -0.39 is 0 Å². The molecule has 130 valence electrons. The second kappa shape index (κ2) is 8.66. The van der Waals surface area contributed by atoms with E-state index in [4.69, 9.17) is 0 Å². The molecule has 1 heterocycles. The molecule has 0 N–H and O–H groups in total. The first kappa shape index (κ1) is 17.5. The molecule has 0 aliphatic carbocycles. The highest BCUT2D eigenvalue weighted by molar-refractivity contribution is 5.78. The van der Waals surface area contributed by atoms with Gasteiger partial charge in [0.05, 0.1) is 0 Å². The highest BCUT2D eigenvalue weighted by Crippen LogP contribution is 2.23. The van der Waals surface area contributed by atoms with E-state index in [0.29, 0.717) is 18.2 Å². The third kappa shape index (κ3) is 5.06. The van der Waals surface area contributed by atoms with Gasteiger partial charge in [-0.2, -0.15) is 0 Å². The normalized spacial score (nSPS) is 15.6. The lowest BCUT2D eigenvalue weighted by Gasteiger charge is -2.28. The maximum absolute atomic E-state index is 12.6. The minimum atomic E-state index is 0.295. The minimum absolute atomic E-state index is 0.295. The summed E-state index contributed by atoms with van der Waals surface area (Å²) in [7, 11) is 0. The van der Waals surface area contributed by atoms with Gasteiger partial charge in [-0.3, -0.25) is 4.79 Å². The van der Waals surface area contributed by atoms with Gasteiger partial charge in [0.15, 0.2) is 0 Å². The molecular formula is C23H27NO. The first-order valence-corrected chi connectivity index (χ1v) is 9.28. The van der Waals surface area contributed by atoms with Gasteiger partial charge < -0.3 is 4.90 Å². The number of benzene rings is 2. The van der Waals surface area contributed by atoms with Crippen LogP contribution in [0.3, 0.4) is 0 Å². The molecule has 0 bridgehead atoms. The smallest absolute Gasteiger partial charge is 0.223 e. The Morgan fingerprint density at radius 1 is 1.04 bits per heavy atom. The molecule has 0 saturated carbocycles. The fraction of sp³-hybridized carbons (Fsp3) is 0.348. The van der Waals surface area contributed by atoms with Crippen LogP contribution in [0.1, 0.15) is 37.3 Å². The zero-order valence-electron chi connectivity index (χ0n) is 15.0. The summed E-state index contributed by atoms with van der Waals surface area (Å²) in [4.78, 5) is 14.6. The van der Waals surface area contributed by atoms with Gasteiger partial charge in [-0.25, -0.2) is 0 Å². The third-order valence-electron chi connectivity index (χ3n) is 5.00. The lowest BCUT2D eigenvalue weighted by molar-refractivity contribution is -0.131. The molecule has 25 heavy (non-hydrogen) atoms. The summed E-state index contributed by atoms with van der Waals surface area (Å²) in [6, 6.07) is 21.0. The zero-order valence-corrected chi connectivity index (χ0v) is 15.0. The summed E-state index contributed by atoms with van der Waals surface area (Å²) in [5, 5.41) is 0. The summed E-state index contributed by atoms with van der Waals surface area (Å²) in [5.41, 5.74) is 4.00. The Hall–Kier alpha value is -2.35. The second-order valence-corrected chi connectivity index (χ2v) is 7.02. The Morgan fingerprint density at radius 3 is 2.36 bits per heavy atom. The number of carbonyl (C=O) groups is 1. The highest BCUT2D eigenvalue weighted by atomic mass is 16.2. The van der Waals surface area contributed by atoms with E-state index in [-0.39, 0.29) is 0 Å². The van der Waals surface area contributed by atoms with Crippen LogP contribution in [0.4, 0.5) is 0 Å². The first-order valence-electron chi connectivity index (χ1n) is 9.28. The molecule has 0 saturated heterocycles. The molecule has 0 radical (unpaired) electrons. The largest absolute Gasteiger partial charge is 0.339 e. The number of hydrogen-bond donors (Lipinski definition) is 0. The molecule has 2 nitrogen and oxygen atoms in total. The molecule has 2 heteroatoms. The van der Waals surface area contributed by atoms with Crippen LogP contribution in [-0.4, -0.2) is 23.9 Å². The van der Waals surface area contributed by atoms with Crippen LogP contribution in [0.5, 0.6) is 0 Å². The molecule has 2 aromatic carbocycles. The molecule has 0 spiro atoms. The quantitative estimate of drug-likeness (QED) is 0.731. The number of rotatable bonds is 6. The standard InChI is InChI=1S/C23H27NO/c1-19(12-13-20-8-4-2-5-9-20)18-23(25)24-16-14-22(15-17-24)21-10-6-3-7-11-21/h2-11,14,19H,12-13,15-18H2,1H3. The van der Waals surface area contributed by atoms with E-state index in [1.165, 1.54) is 16.7 Å². The molecule has 1 aliphatic heterocycles. The molecule has 1 atom stereocenters. The Kier molecular flexibility index (Phi) is 6.05. The number of aryl methyl sites for hydroxylation is 1. The molecule has 1 unspecified atom stereocenters. The van der Waals surface area contributed by atoms with Gasteiger partial charge in [-0.15, -0.1) is 0 Å². The number of hydrogen-bond acceptors (Lipinski definition) is 1. The lowest BCUT2D eigenvalue weighted by Crippen LogP contribution is -2.35. The van der Waals surface area contributed by atoms with Crippen molar-refractivity contribution in [3.05, 3.63) is 77.9 Å². The van der Waals surface area contributed by atoms with E-state index in [1.54, 1.807) is 0 Å². The third-order valence-corrected chi connectivity index (χ3v) is 5.00. The fourth-order valence-electron chi connectivity index (χ4n) is 3.40. The van der Waals surface area contributed by atoms with Crippen LogP contribution in [0.2, 0.25) is 0 Å². The lowest BCUT2D eigenvalue weighted by atomic mass is 9.96. The van der Waals surface area contributed by atoms with Crippen LogP contribution >= 0.6 is 0 Å². The van der Waals surface area contributed by atoms with Gasteiger partial charge >= 0.3 is 0 Å². The monoisotopic (exact) mass is 333 g/mol. The van der Waals surface area contributed by atoms with Gasteiger partial charge in [0, 0.05) is 19.5 Å². The van der Waals surface area contributed by atoms with Crippen molar-refractivity contribution < 1.29 is 4.79 Å². The SMILES string of the molecule is CC(CCc1ccccc1)CC(=O)N1CC=C(c2ccccc2)CC1. The van der Waals surface area contributed by atoms with Crippen LogP contribution < -0.4 is 0 Å². The average molecular weight is 333 g/mol. The van der Waals surface area contributed by atoms with E-state index in [0.717, 1.165) is 32.4 Å². The molecule has 1 aliphatic rings. The summed E-state index contributed by atoms with van der Waals surface area (Å²) in [6.45, 7) is 3.77. The molecular weight excluding hydrogens is 306 g/mol. The second-order valence-electron chi connectivity index (χ2n) is 7.02. The zero-order chi connectivity index (χ0) is 17.5. The predicted octanol–water partition coefficient (Wildman–Crippen LogP) is 4.96. The summed E-state index contributed by atoms with van der Waals surface area (Å²) in [5.74, 6) is 0.719. The van der Waals surface area contributed by atoms with E-state index in [9.17, 15) is 4.79 Å². The van der Waals surface area contributed by atoms with Gasteiger partial charge in [0.1, 0.15) is 0 Å².